The Kier molecular flexibility index (Phi) is 5.93. The predicted octanol–water partition coefficient (Wildman–Crippen LogP) is 2.41. The number of hydrogen-bond donors (Lipinski definition) is 1. The third-order valence-corrected chi connectivity index (χ3v) is 4.54. The van der Waals surface area contributed by atoms with Crippen LogP contribution in [0.3, 0.4) is 0 Å². The summed E-state index contributed by atoms with van der Waals surface area (Å²) >= 11 is 0. The Balaban J connectivity index is 1.69. The summed E-state index contributed by atoms with van der Waals surface area (Å²) in [6.07, 6.45) is 9.52. The first-order valence-corrected chi connectivity index (χ1v) is 7.84. The van der Waals surface area contributed by atoms with E-state index in [0.717, 1.165) is 12.6 Å². The molecule has 0 aromatic heterocycles. The molecule has 0 aliphatic carbocycles. The Morgan fingerprint density at radius 3 is 2.94 bits per heavy atom. The van der Waals surface area contributed by atoms with Gasteiger partial charge in [0.1, 0.15) is 0 Å². The Morgan fingerprint density at radius 1 is 1.28 bits per heavy atom. The molecule has 18 heavy (non-hydrogen) atoms. The van der Waals surface area contributed by atoms with Crippen LogP contribution in [0.4, 0.5) is 0 Å². The number of nitrogens with one attached hydrogen (secondary N) is 1. The van der Waals surface area contributed by atoms with Gasteiger partial charge in [0, 0.05) is 25.2 Å². The van der Waals surface area contributed by atoms with E-state index < -0.39 is 0 Å². The van der Waals surface area contributed by atoms with Crippen LogP contribution in [0, 0.1) is 0 Å². The molecule has 2 aliphatic rings. The van der Waals surface area contributed by atoms with Crippen LogP contribution in [0.1, 0.15) is 51.9 Å². The van der Waals surface area contributed by atoms with Crippen LogP contribution in [0.2, 0.25) is 0 Å². The molecule has 2 aliphatic heterocycles. The molecule has 0 saturated carbocycles. The maximum atomic E-state index is 5.81. The summed E-state index contributed by atoms with van der Waals surface area (Å²) in [5.41, 5.74) is 0. The Hall–Kier alpha value is -0.120. The van der Waals surface area contributed by atoms with E-state index >= 15 is 0 Å². The molecule has 3 unspecified atom stereocenters. The van der Waals surface area contributed by atoms with Gasteiger partial charge in [0.05, 0.1) is 6.10 Å². The first kappa shape index (κ1) is 14.3. The average molecular weight is 254 g/mol. The van der Waals surface area contributed by atoms with Crippen LogP contribution in [0.15, 0.2) is 0 Å². The lowest BCUT2D eigenvalue weighted by Gasteiger charge is -2.35. The summed E-state index contributed by atoms with van der Waals surface area (Å²) in [6.45, 7) is 5.64. The van der Waals surface area contributed by atoms with E-state index in [-0.39, 0.29) is 0 Å². The summed E-state index contributed by atoms with van der Waals surface area (Å²) in [4.78, 5) is 2.53. The number of ether oxygens (including phenoxy) is 1. The molecule has 0 amide bonds. The highest BCUT2D eigenvalue weighted by atomic mass is 16.5. The molecule has 2 heterocycles. The van der Waals surface area contributed by atoms with Crippen LogP contribution in [0.5, 0.6) is 0 Å². The average Bonchev–Trinajstić information content (AvgIpc) is 2.39. The smallest absolute Gasteiger partial charge is 0.0589 e. The van der Waals surface area contributed by atoms with Crippen LogP contribution in [-0.4, -0.2) is 49.8 Å². The predicted molar refractivity (Wildman–Crippen MR) is 75.9 cm³/mol. The number of hydrogen-bond acceptors (Lipinski definition) is 3. The van der Waals surface area contributed by atoms with Gasteiger partial charge in [-0.25, -0.2) is 0 Å². The SMILES string of the molecule is CCCC1CC(NCC2CCCCN2C)CCO1. The van der Waals surface area contributed by atoms with Crippen LogP contribution in [0.25, 0.3) is 0 Å². The van der Waals surface area contributed by atoms with Gasteiger partial charge in [-0.2, -0.15) is 0 Å². The first-order chi connectivity index (χ1) is 8.79. The standard InChI is InChI=1S/C15H30N2O/c1-3-6-15-11-13(8-10-18-15)16-12-14-7-4-5-9-17(14)2/h13-16H,3-12H2,1-2H3. The molecule has 0 aromatic rings. The minimum Gasteiger partial charge on any atom is -0.378 e. The molecule has 2 rings (SSSR count). The van der Waals surface area contributed by atoms with Gasteiger partial charge in [-0.15, -0.1) is 0 Å². The number of likely N-dealkylation sites (N-methyl/N-ethyl adjacent to an activating group) is 1. The van der Waals surface area contributed by atoms with E-state index in [4.69, 9.17) is 4.74 Å². The Labute approximate surface area is 112 Å². The van der Waals surface area contributed by atoms with Crippen molar-refractivity contribution in [3.05, 3.63) is 0 Å². The van der Waals surface area contributed by atoms with Gasteiger partial charge < -0.3 is 15.0 Å². The Bertz CT molecular complexity index is 233. The van der Waals surface area contributed by atoms with Gasteiger partial charge in [-0.3, -0.25) is 0 Å². The molecule has 0 spiro atoms. The van der Waals surface area contributed by atoms with Crippen LogP contribution in [-0.2, 0) is 4.74 Å². The molecule has 106 valence electrons. The van der Waals surface area contributed by atoms with Crippen molar-refractivity contribution >= 4 is 0 Å². The van der Waals surface area contributed by atoms with Crippen molar-refractivity contribution < 1.29 is 4.74 Å². The van der Waals surface area contributed by atoms with Crippen LogP contribution < -0.4 is 5.32 Å². The zero-order valence-electron chi connectivity index (χ0n) is 12.2. The van der Waals surface area contributed by atoms with E-state index in [1.165, 1.54) is 58.0 Å². The third-order valence-electron chi connectivity index (χ3n) is 4.54. The Morgan fingerprint density at radius 2 is 2.17 bits per heavy atom. The zero-order valence-corrected chi connectivity index (χ0v) is 12.2. The fraction of sp³-hybridized carbons (Fsp3) is 1.00. The summed E-state index contributed by atoms with van der Waals surface area (Å²) in [5.74, 6) is 0. The van der Waals surface area contributed by atoms with Gasteiger partial charge in [0.15, 0.2) is 0 Å². The minimum absolute atomic E-state index is 0.505. The summed E-state index contributed by atoms with van der Waals surface area (Å²) in [6, 6.07) is 1.44. The van der Waals surface area contributed by atoms with Crippen molar-refractivity contribution in [3.8, 4) is 0 Å². The number of nitrogens with zero attached hydrogens (tertiary/aromatic N) is 1. The number of piperidine rings is 1. The van der Waals surface area contributed by atoms with Crippen molar-refractivity contribution in [1.29, 1.82) is 0 Å². The fourth-order valence-electron chi connectivity index (χ4n) is 3.29. The molecule has 0 bridgehead atoms. The molecule has 0 radical (unpaired) electrons. The molecule has 1 N–H and O–H groups in total. The van der Waals surface area contributed by atoms with E-state index in [0.29, 0.717) is 12.1 Å². The highest BCUT2D eigenvalue weighted by Crippen LogP contribution is 2.19. The lowest BCUT2D eigenvalue weighted by molar-refractivity contribution is -0.00443. The zero-order chi connectivity index (χ0) is 12.8. The molecule has 0 aromatic carbocycles. The molecule has 2 saturated heterocycles. The minimum atomic E-state index is 0.505. The van der Waals surface area contributed by atoms with Crippen LogP contribution >= 0.6 is 0 Å². The van der Waals surface area contributed by atoms with E-state index in [9.17, 15) is 0 Å². The summed E-state index contributed by atoms with van der Waals surface area (Å²) in [7, 11) is 2.27. The van der Waals surface area contributed by atoms with Gasteiger partial charge in [0.25, 0.3) is 0 Å². The number of likely N-dealkylation sites (tertiary alicyclic amines) is 1. The van der Waals surface area contributed by atoms with Crippen molar-refractivity contribution in [2.75, 3.05) is 26.7 Å². The first-order valence-electron chi connectivity index (χ1n) is 7.84. The quantitative estimate of drug-likeness (QED) is 0.815. The molecule has 3 nitrogen and oxygen atoms in total. The molecule has 3 heteroatoms. The second-order valence-electron chi connectivity index (χ2n) is 6.04. The normalized spacial score (nSPS) is 34.7. The van der Waals surface area contributed by atoms with Crippen molar-refractivity contribution in [2.24, 2.45) is 0 Å². The third kappa shape index (κ3) is 4.22. The van der Waals surface area contributed by atoms with Crippen molar-refractivity contribution in [1.82, 2.24) is 10.2 Å². The molecule has 3 atom stereocenters. The molecular weight excluding hydrogens is 224 g/mol. The topological polar surface area (TPSA) is 24.5 Å². The van der Waals surface area contributed by atoms with Crippen molar-refractivity contribution in [2.45, 2.75) is 70.1 Å². The molecular formula is C15H30N2O. The second-order valence-corrected chi connectivity index (χ2v) is 6.04. The number of rotatable bonds is 5. The lowest BCUT2D eigenvalue weighted by Crippen LogP contribution is -2.47. The summed E-state index contributed by atoms with van der Waals surface area (Å²) < 4.78 is 5.81. The maximum absolute atomic E-state index is 5.81. The van der Waals surface area contributed by atoms with Gasteiger partial charge in [0.2, 0.25) is 0 Å². The highest BCUT2D eigenvalue weighted by molar-refractivity contribution is 4.81. The fourth-order valence-corrected chi connectivity index (χ4v) is 3.29. The lowest BCUT2D eigenvalue weighted by atomic mass is 9.98. The van der Waals surface area contributed by atoms with E-state index in [1.54, 1.807) is 0 Å². The second kappa shape index (κ2) is 7.46. The van der Waals surface area contributed by atoms with Gasteiger partial charge >= 0.3 is 0 Å². The van der Waals surface area contributed by atoms with Crippen molar-refractivity contribution in [3.63, 3.8) is 0 Å². The van der Waals surface area contributed by atoms with Gasteiger partial charge in [-0.1, -0.05) is 19.8 Å². The maximum Gasteiger partial charge on any atom is 0.0589 e. The monoisotopic (exact) mass is 254 g/mol. The van der Waals surface area contributed by atoms with E-state index in [1.807, 2.05) is 0 Å². The molecule has 2 fully saturated rings. The van der Waals surface area contributed by atoms with Gasteiger partial charge in [-0.05, 0) is 45.7 Å². The van der Waals surface area contributed by atoms with E-state index in [2.05, 4.69) is 24.2 Å². The summed E-state index contributed by atoms with van der Waals surface area (Å²) in [5, 5.41) is 3.79. The largest absolute Gasteiger partial charge is 0.378 e. The highest BCUT2D eigenvalue weighted by Gasteiger charge is 2.24.